The van der Waals surface area contributed by atoms with E-state index in [-0.39, 0.29) is 18.2 Å². The minimum atomic E-state index is -0.990. The van der Waals surface area contributed by atoms with Gasteiger partial charge in [-0.2, -0.15) is 0 Å². The van der Waals surface area contributed by atoms with Crippen LogP contribution in [-0.4, -0.2) is 33.7 Å². The largest absolute Gasteiger partial charge is 0.345 e. The molecular formula is C21H23N3O3S. The topological polar surface area (TPSA) is 71.4 Å². The number of hydrogen-bond donors (Lipinski definition) is 1. The van der Waals surface area contributed by atoms with Gasteiger partial charge in [-0.25, -0.2) is 4.79 Å². The van der Waals surface area contributed by atoms with Crippen LogP contribution >= 0.6 is 11.3 Å². The maximum Gasteiger partial charge on any atom is 0.325 e. The molecule has 3 heterocycles. The molecule has 2 fully saturated rings. The number of carbonyl (C=O) groups excluding carboxylic acids is 3. The van der Waals surface area contributed by atoms with Crippen LogP contribution in [0.4, 0.5) is 4.79 Å². The molecule has 1 aliphatic heterocycles. The molecule has 146 valence electrons. The number of amides is 3. The highest BCUT2D eigenvalue weighted by Crippen LogP contribution is 2.42. The van der Waals surface area contributed by atoms with Gasteiger partial charge in [-0.3, -0.25) is 14.5 Å². The summed E-state index contributed by atoms with van der Waals surface area (Å²) in [6.45, 7) is 3.75. The maximum atomic E-state index is 13.3. The molecule has 7 heteroatoms. The van der Waals surface area contributed by atoms with Crippen LogP contribution in [0.5, 0.6) is 0 Å². The first-order valence-corrected chi connectivity index (χ1v) is 10.7. The van der Waals surface area contributed by atoms with Gasteiger partial charge in [-0.1, -0.05) is 0 Å². The number of hydrogen-bond acceptors (Lipinski definition) is 4. The summed E-state index contributed by atoms with van der Waals surface area (Å²) in [6.07, 6.45) is 4.65. The quantitative estimate of drug-likeness (QED) is 0.634. The molecule has 3 amide bonds. The summed E-state index contributed by atoms with van der Waals surface area (Å²) in [5.41, 5.74) is 2.53. The van der Waals surface area contributed by atoms with Gasteiger partial charge in [0.25, 0.3) is 5.91 Å². The minimum absolute atomic E-state index is 0.179. The number of imide groups is 1. The summed E-state index contributed by atoms with van der Waals surface area (Å²) in [5, 5.41) is 4.88. The van der Waals surface area contributed by atoms with E-state index in [9.17, 15) is 14.4 Å². The third-order valence-corrected chi connectivity index (χ3v) is 7.32. The lowest BCUT2D eigenvalue weighted by atomic mass is 9.80. The van der Waals surface area contributed by atoms with Crippen molar-refractivity contribution in [3.8, 4) is 0 Å². The van der Waals surface area contributed by atoms with Gasteiger partial charge in [0.15, 0.2) is 5.78 Å². The SMILES string of the molecule is Cc1cc(C(=O)CN2C(=O)NC3(CCCc4sccc43)C2=O)c(C)n1C1CC1. The minimum Gasteiger partial charge on any atom is -0.345 e. The Labute approximate surface area is 167 Å². The second kappa shape index (κ2) is 6.04. The highest BCUT2D eigenvalue weighted by molar-refractivity contribution is 7.10. The first-order valence-electron chi connectivity index (χ1n) is 9.85. The van der Waals surface area contributed by atoms with Crippen molar-refractivity contribution in [1.29, 1.82) is 0 Å². The molecule has 1 saturated heterocycles. The summed E-state index contributed by atoms with van der Waals surface area (Å²) in [4.78, 5) is 41.2. The second-order valence-corrected chi connectivity index (χ2v) is 9.15. The van der Waals surface area contributed by atoms with Crippen LogP contribution in [-0.2, 0) is 16.8 Å². The fraction of sp³-hybridized carbons (Fsp3) is 0.476. The summed E-state index contributed by atoms with van der Waals surface area (Å²) in [6, 6.07) is 3.85. The van der Waals surface area contributed by atoms with Gasteiger partial charge in [-0.15, -0.1) is 11.3 Å². The number of thiophene rings is 1. The number of urea groups is 1. The van der Waals surface area contributed by atoms with Crippen molar-refractivity contribution in [3.63, 3.8) is 0 Å². The van der Waals surface area contributed by atoms with Gasteiger partial charge in [0, 0.05) is 33.4 Å². The molecule has 0 aromatic carbocycles. The zero-order valence-corrected chi connectivity index (χ0v) is 16.9. The average Bonchev–Trinajstić information content (AvgIpc) is 3.21. The number of fused-ring (bicyclic) bond motifs is 2. The monoisotopic (exact) mass is 397 g/mol. The normalized spacial score (nSPS) is 24.0. The summed E-state index contributed by atoms with van der Waals surface area (Å²) < 4.78 is 2.21. The number of rotatable bonds is 4. The van der Waals surface area contributed by atoms with E-state index in [0.717, 1.165) is 52.4 Å². The highest BCUT2D eigenvalue weighted by Gasteiger charge is 2.54. The molecule has 3 aliphatic rings. The molecule has 2 aromatic heterocycles. The van der Waals surface area contributed by atoms with Gasteiger partial charge >= 0.3 is 6.03 Å². The van der Waals surface area contributed by atoms with Crippen LogP contribution in [0.15, 0.2) is 17.5 Å². The van der Waals surface area contributed by atoms with Crippen LogP contribution < -0.4 is 5.32 Å². The molecule has 1 saturated carbocycles. The molecule has 28 heavy (non-hydrogen) atoms. The van der Waals surface area contributed by atoms with E-state index in [4.69, 9.17) is 0 Å². The Morgan fingerprint density at radius 3 is 2.86 bits per heavy atom. The second-order valence-electron chi connectivity index (χ2n) is 8.15. The van der Waals surface area contributed by atoms with Crippen LogP contribution in [0.25, 0.3) is 0 Å². The molecule has 2 aromatic rings. The van der Waals surface area contributed by atoms with Crippen molar-refractivity contribution in [2.45, 2.75) is 57.5 Å². The molecule has 0 radical (unpaired) electrons. The predicted octanol–water partition coefficient (Wildman–Crippen LogP) is 3.47. The first kappa shape index (κ1) is 17.7. The van der Waals surface area contributed by atoms with Crippen molar-refractivity contribution < 1.29 is 14.4 Å². The Morgan fingerprint density at radius 2 is 2.11 bits per heavy atom. The molecule has 1 N–H and O–H groups in total. The van der Waals surface area contributed by atoms with Crippen molar-refractivity contribution in [3.05, 3.63) is 44.9 Å². The molecule has 6 nitrogen and oxygen atoms in total. The fourth-order valence-corrected chi connectivity index (χ4v) is 5.87. The third kappa shape index (κ3) is 2.42. The Kier molecular flexibility index (Phi) is 3.81. The van der Waals surface area contributed by atoms with Crippen LogP contribution in [0.1, 0.15) is 63.9 Å². The molecule has 2 aliphatic carbocycles. The zero-order valence-electron chi connectivity index (χ0n) is 16.1. The number of nitrogens with one attached hydrogen (secondary N) is 1. The van der Waals surface area contributed by atoms with E-state index in [0.29, 0.717) is 18.0 Å². The van der Waals surface area contributed by atoms with Gasteiger partial charge < -0.3 is 9.88 Å². The van der Waals surface area contributed by atoms with E-state index < -0.39 is 11.6 Å². The number of aromatic nitrogens is 1. The predicted molar refractivity (Wildman–Crippen MR) is 106 cm³/mol. The molecule has 1 unspecified atom stereocenters. The fourth-order valence-electron chi connectivity index (χ4n) is 4.87. The standard InChI is InChI=1S/C21H23N3O3S/c1-12-10-15(13(2)24(12)14-5-6-14)17(25)11-23-19(26)21(22-20(23)27)8-3-4-18-16(21)7-9-28-18/h7,9-10,14H,3-6,8,11H2,1-2H3,(H,22,27). The Hall–Kier alpha value is -2.41. The van der Waals surface area contributed by atoms with E-state index >= 15 is 0 Å². The molecule has 0 bridgehead atoms. The van der Waals surface area contributed by atoms with Gasteiger partial charge in [0.05, 0.1) is 6.54 Å². The third-order valence-electron chi connectivity index (χ3n) is 6.34. The van der Waals surface area contributed by atoms with Crippen LogP contribution in [0.3, 0.4) is 0 Å². The smallest absolute Gasteiger partial charge is 0.325 e. The number of nitrogens with zero attached hydrogens (tertiary/aromatic N) is 2. The van der Waals surface area contributed by atoms with Crippen molar-refractivity contribution in [1.82, 2.24) is 14.8 Å². The van der Waals surface area contributed by atoms with Crippen LogP contribution in [0.2, 0.25) is 0 Å². The van der Waals surface area contributed by atoms with Gasteiger partial charge in [0.2, 0.25) is 0 Å². The van der Waals surface area contributed by atoms with E-state index in [1.165, 1.54) is 0 Å². The van der Waals surface area contributed by atoms with E-state index in [1.807, 2.05) is 31.4 Å². The summed E-state index contributed by atoms with van der Waals surface area (Å²) in [5.74, 6) is -0.469. The lowest BCUT2D eigenvalue weighted by Crippen LogP contribution is -2.46. The van der Waals surface area contributed by atoms with Gasteiger partial charge in [0.1, 0.15) is 5.54 Å². The molecular weight excluding hydrogens is 374 g/mol. The van der Waals surface area contributed by atoms with E-state index in [1.54, 1.807) is 11.3 Å². The zero-order chi connectivity index (χ0) is 19.6. The number of Topliss-reactive ketones (excluding diaryl/α,β-unsaturated/α-hetero) is 1. The van der Waals surface area contributed by atoms with Crippen molar-refractivity contribution >= 4 is 29.1 Å². The van der Waals surface area contributed by atoms with Gasteiger partial charge in [-0.05, 0) is 63.5 Å². The average molecular weight is 398 g/mol. The lowest BCUT2D eigenvalue weighted by molar-refractivity contribution is -0.131. The number of aryl methyl sites for hydroxylation is 2. The Balaban J connectivity index is 1.43. The first-order chi connectivity index (χ1) is 13.4. The lowest BCUT2D eigenvalue weighted by Gasteiger charge is -2.31. The molecule has 1 spiro atoms. The Bertz CT molecular complexity index is 1020. The maximum absolute atomic E-state index is 13.3. The summed E-state index contributed by atoms with van der Waals surface area (Å²) >= 11 is 1.62. The Morgan fingerprint density at radius 1 is 1.32 bits per heavy atom. The van der Waals surface area contributed by atoms with Crippen LogP contribution in [0, 0.1) is 13.8 Å². The molecule has 5 rings (SSSR count). The highest BCUT2D eigenvalue weighted by atomic mass is 32.1. The number of ketones is 1. The van der Waals surface area contributed by atoms with Crippen molar-refractivity contribution in [2.24, 2.45) is 0 Å². The van der Waals surface area contributed by atoms with Crippen molar-refractivity contribution in [2.75, 3.05) is 6.54 Å². The molecule has 1 atom stereocenters. The number of carbonyl (C=O) groups is 3. The summed E-state index contributed by atoms with van der Waals surface area (Å²) in [7, 11) is 0. The van der Waals surface area contributed by atoms with E-state index in [2.05, 4.69) is 9.88 Å².